The number of carbonyl (C=O) groups excluding carboxylic acids is 3. The maximum atomic E-state index is 13.5. The van der Waals surface area contributed by atoms with E-state index in [-0.39, 0.29) is 23.2 Å². The second-order valence-corrected chi connectivity index (χ2v) is 9.29. The molecule has 0 spiro atoms. The number of rotatable bonds is 7. The Balaban J connectivity index is 1.95. The highest BCUT2D eigenvalue weighted by Crippen LogP contribution is 2.43. The highest BCUT2D eigenvalue weighted by Gasteiger charge is 2.47. The Hall–Kier alpha value is -4.59. The summed E-state index contributed by atoms with van der Waals surface area (Å²) in [7, 11) is 3.10. The van der Waals surface area contributed by atoms with Crippen molar-refractivity contribution in [1.29, 1.82) is 0 Å². The van der Waals surface area contributed by atoms with Crippen molar-refractivity contribution in [3.05, 3.63) is 89.0 Å². The first kappa shape index (κ1) is 26.5. The highest BCUT2D eigenvalue weighted by atomic mass is 16.5. The fourth-order valence-corrected chi connectivity index (χ4v) is 4.65. The van der Waals surface area contributed by atoms with E-state index >= 15 is 0 Å². The van der Waals surface area contributed by atoms with Crippen LogP contribution in [0.25, 0.3) is 5.76 Å². The van der Waals surface area contributed by atoms with Gasteiger partial charge in [-0.2, -0.15) is 0 Å². The zero-order valence-electron chi connectivity index (χ0n) is 21.9. The number of ketones is 1. The van der Waals surface area contributed by atoms with Crippen LogP contribution in [-0.2, 0) is 14.4 Å². The maximum absolute atomic E-state index is 13.5. The summed E-state index contributed by atoms with van der Waals surface area (Å²) < 4.78 is 10.9. The predicted octanol–water partition coefficient (Wildman–Crippen LogP) is 5.41. The number of nitrogens with one attached hydrogen (secondary N) is 1. The molecule has 0 bridgehead atoms. The maximum Gasteiger partial charge on any atom is 0.300 e. The van der Waals surface area contributed by atoms with Crippen molar-refractivity contribution in [3.63, 3.8) is 0 Å². The van der Waals surface area contributed by atoms with E-state index in [0.29, 0.717) is 34.0 Å². The molecule has 1 heterocycles. The standard InChI is InChI=1S/C30H30N2O6/c1-17(2)24-15-20(12-13-25(24)38-5)28(34)26-27(19-8-6-11-23(14-19)37-4)32(30(36)29(26)35)22-10-7-9-21(16-22)31-18(3)33/h6-17,27,34H,1-5H3,(H,31,33)/b28-26-. The number of ether oxygens (including phenoxy) is 2. The number of methoxy groups -OCH3 is 2. The molecule has 1 fully saturated rings. The van der Waals surface area contributed by atoms with Gasteiger partial charge in [0.1, 0.15) is 17.3 Å². The van der Waals surface area contributed by atoms with Gasteiger partial charge in [-0.05, 0) is 65.6 Å². The molecule has 0 radical (unpaired) electrons. The molecule has 3 aromatic carbocycles. The number of Topliss-reactive ketones (excluding diaryl/α,β-unsaturated/α-hetero) is 1. The van der Waals surface area contributed by atoms with Crippen molar-refractivity contribution < 1.29 is 29.0 Å². The first-order chi connectivity index (χ1) is 18.2. The second-order valence-electron chi connectivity index (χ2n) is 9.29. The average Bonchev–Trinajstić information content (AvgIpc) is 3.17. The molecule has 1 atom stereocenters. The molecule has 1 aliphatic rings. The summed E-state index contributed by atoms with van der Waals surface area (Å²) in [6.45, 7) is 5.38. The van der Waals surface area contributed by atoms with Gasteiger partial charge in [-0.25, -0.2) is 0 Å². The molecule has 2 amide bonds. The summed E-state index contributed by atoms with van der Waals surface area (Å²) in [6, 6.07) is 17.9. The molecular formula is C30H30N2O6. The van der Waals surface area contributed by atoms with Crippen molar-refractivity contribution >= 4 is 34.7 Å². The number of amides is 2. The van der Waals surface area contributed by atoms with Gasteiger partial charge < -0.3 is 19.9 Å². The number of benzene rings is 3. The molecule has 0 aliphatic carbocycles. The van der Waals surface area contributed by atoms with Gasteiger partial charge in [-0.1, -0.05) is 32.0 Å². The number of hydrogen-bond acceptors (Lipinski definition) is 6. The summed E-state index contributed by atoms with van der Waals surface area (Å²) in [6.07, 6.45) is 0. The molecule has 1 saturated heterocycles. The second kappa shape index (κ2) is 10.8. The van der Waals surface area contributed by atoms with Crippen LogP contribution in [0.2, 0.25) is 0 Å². The number of aliphatic hydroxyl groups is 1. The lowest BCUT2D eigenvalue weighted by Crippen LogP contribution is -2.29. The van der Waals surface area contributed by atoms with Crippen LogP contribution < -0.4 is 19.7 Å². The lowest BCUT2D eigenvalue weighted by Gasteiger charge is -2.26. The molecule has 196 valence electrons. The first-order valence-electron chi connectivity index (χ1n) is 12.2. The third-order valence-electron chi connectivity index (χ3n) is 6.42. The summed E-state index contributed by atoms with van der Waals surface area (Å²) in [4.78, 5) is 40.0. The number of anilines is 2. The van der Waals surface area contributed by atoms with Gasteiger partial charge in [0.2, 0.25) is 5.91 Å². The Kier molecular flexibility index (Phi) is 7.52. The van der Waals surface area contributed by atoms with Gasteiger partial charge in [-0.15, -0.1) is 0 Å². The van der Waals surface area contributed by atoms with Crippen LogP contribution in [0.3, 0.4) is 0 Å². The molecule has 0 aromatic heterocycles. The van der Waals surface area contributed by atoms with Crippen LogP contribution in [0.15, 0.2) is 72.3 Å². The van der Waals surface area contributed by atoms with Crippen LogP contribution >= 0.6 is 0 Å². The minimum Gasteiger partial charge on any atom is -0.507 e. The summed E-state index contributed by atoms with van der Waals surface area (Å²) >= 11 is 0. The van der Waals surface area contributed by atoms with Crippen LogP contribution in [0.1, 0.15) is 49.4 Å². The Labute approximate surface area is 221 Å². The largest absolute Gasteiger partial charge is 0.507 e. The van der Waals surface area contributed by atoms with Crippen molar-refractivity contribution in [2.45, 2.75) is 32.7 Å². The number of aliphatic hydroxyl groups excluding tert-OH is 1. The Morgan fingerprint density at radius 1 is 0.974 bits per heavy atom. The Morgan fingerprint density at radius 2 is 1.71 bits per heavy atom. The van der Waals surface area contributed by atoms with Crippen LogP contribution in [0.5, 0.6) is 11.5 Å². The molecule has 3 aromatic rings. The zero-order valence-corrected chi connectivity index (χ0v) is 21.9. The third kappa shape index (κ3) is 4.98. The van der Waals surface area contributed by atoms with Crippen molar-refractivity contribution in [1.82, 2.24) is 0 Å². The van der Waals surface area contributed by atoms with E-state index in [9.17, 15) is 19.5 Å². The fourth-order valence-electron chi connectivity index (χ4n) is 4.65. The molecule has 38 heavy (non-hydrogen) atoms. The smallest absolute Gasteiger partial charge is 0.300 e. The SMILES string of the molecule is COc1cccc(C2/C(=C(/O)c3ccc(OC)c(C(C)C)c3)C(=O)C(=O)N2c2cccc(NC(C)=O)c2)c1. The van der Waals surface area contributed by atoms with Gasteiger partial charge in [0, 0.05) is 23.9 Å². The van der Waals surface area contributed by atoms with E-state index in [2.05, 4.69) is 5.32 Å². The summed E-state index contributed by atoms with van der Waals surface area (Å²) in [5, 5.41) is 14.2. The molecular weight excluding hydrogens is 484 g/mol. The molecule has 8 heteroatoms. The molecule has 0 saturated carbocycles. The summed E-state index contributed by atoms with van der Waals surface area (Å²) in [5.74, 6) is -0.886. The molecule has 4 rings (SSSR count). The van der Waals surface area contributed by atoms with Gasteiger partial charge in [0.15, 0.2) is 0 Å². The predicted molar refractivity (Wildman–Crippen MR) is 146 cm³/mol. The van der Waals surface area contributed by atoms with E-state index in [0.717, 1.165) is 5.56 Å². The topological polar surface area (TPSA) is 105 Å². The van der Waals surface area contributed by atoms with Crippen LogP contribution in [0.4, 0.5) is 11.4 Å². The molecule has 2 N–H and O–H groups in total. The van der Waals surface area contributed by atoms with Crippen LogP contribution in [0, 0.1) is 0 Å². The Bertz CT molecular complexity index is 1440. The Morgan fingerprint density at radius 3 is 2.37 bits per heavy atom. The van der Waals surface area contributed by atoms with Gasteiger partial charge >= 0.3 is 0 Å². The lowest BCUT2D eigenvalue weighted by atomic mass is 9.93. The van der Waals surface area contributed by atoms with Gasteiger partial charge in [-0.3, -0.25) is 19.3 Å². The van der Waals surface area contributed by atoms with Gasteiger partial charge in [0.05, 0.1) is 25.8 Å². The van der Waals surface area contributed by atoms with Crippen molar-refractivity contribution in [2.24, 2.45) is 0 Å². The number of hydrogen-bond donors (Lipinski definition) is 2. The minimum atomic E-state index is -0.942. The molecule has 8 nitrogen and oxygen atoms in total. The van der Waals surface area contributed by atoms with E-state index in [4.69, 9.17) is 9.47 Å². The van der Waals surface area contributed by atoms with Crippen molar-refractivity contribution in [2.75, 3.05) is 24.4 Å². The quantitative estimate of drug-likeness (QED) is 0.248. The summed E-state index contributed by atoms with van der Waals surface area (Å²) in [5.41, 5.74) is 2.64. The average molecular weight is 515 g/mol. The molecule has 1 unspecified atom stereocenters. The highest BCUT2D eigenvalue weighted by molar-refractivity contribution is 6.51. The number of carbonyl (C=O) groups is 3. The van der Waals surface area contributed by atoms with E-state index in [1.54, 1.807) is 73.8 Å². The first-order valence-corrected chi connectivity index (χ1v) is 12.2. The zero-order chi connectivity index (χ0) is 27.6. The lowest BCUT2D eigenvalue weighted by molar-refractivity contribution is -0.132. The number of nitrogens with zero attached hydrogens (tertiary/aromatic N) is 1. The fraction of sp³-hybridized carbons (Fsp3) is 0.233. The van der Waals surface area contributed by atoms with E-state index in [1.165, 1.54) is 18.9 Å². The van der Waals surface area contributed by atoms with Gasteiger partial charge in [0.25, 0.3) is 11.7 Å². The van der Waals surface area contributed by atoms with Crippen molar-refractivity contribution in [3.8, 4) is 11.5 Å². The normalized spacial score (nSPS) is 16.6. The van der Waals surface area contributed by atoms with Crippen LogP contribution in [-0.4, -0.2) is 36.9 Å². The van der Waals surface area contributed by atoms with E-state index < -0.39 is 17.7 Å². The van der Waals surface area contributed by atoms with E-state index in [1.807, 2.05) is 13.8 Å². The monoisotopic (exact) mass is 514 g/mol. The third-order valence-corrected chi connectivity index (χ3v) is 6.42. The molecule has 1 aliphatic heterocycles. The minimum absolute atomic E-state index is 0.0481.